The Balaban J connectivity index is 0.807. The van der Waals surface area contributed by atoms with Crippen LogP contribution in [-0.2, 0) is 0 Å². The Morgan fingerprint density at radius 2 is 0.649 bits per heavy atom. The zero-order valence-electron chi connectivity index (χ0n) is 39.5. The Kier molecular flexibility index (Phi) is 6.82. The van der Waals surface area contributed by atoms with E-state index >= 15 is 0 Å². The lowest BCUT2D eigenvalue weighted by Crippen LogP contribution is -2.58. The first kappa shape index (κ1) is 38.1. The summed E-state index contributed by atoms with van der Waals surface area (Å²) in [7, 11) is 0. The largest absolute Gasteiger partial charge is 0.458 e. The Bertz CT molecular complexity index is 4710. The van der Waals surface area contributed by atoms with E-state index in [1.165, 1.54) is 131 Å². The van der Waals surface area contributed by atoms with E-state index in [9.17, 15) is 0 Å². The molecule has 4 aromatic heterocycles. The van der Waals surface area contributed by atoms with Crippen molar-refractivity contribution in [3.05, 3.63) is 218 Å². The molecule has 4 aliphatic rings. The number of hydrogen-bond acceptors (Lipinski definition) is 2. The van der Waals surface area contributed by atoms with Crippen LogP contribution in [0.4, 0.5) is 0 Å². The molecule has 11 aromatic carbocycles. The highest BCUT2D eigenvalue weighted by molar-refractivity contribution is 7.00. The van der Waals surface area contributed by atoms with E-state index in [-0.39, 0.29) is 13.4 Å². The third kappa shape index (κ3) is 4.50. The van der Waals surface area contributed by atoms with Crippen LogP contribution in [-0.4, -0.2) is 31.7 Å². The number of aromatic nitrogens is 4. The SMILES string of the molecule is c1cc2c3c(c1)-n1c4cc5c(cc4c4cccc(c41)B3c1ccc(-n3c4ccccc4c4ccccc43)cc1O2)c1cccc2c1n5-c1cccc3c1B2c1ccc(-n2c4ccccc4c4ccccc42)cc1O3. The first-order chi connectivity index (χ1) is 36.7. The normalized spacial score (nSPS) is 13.6. The molecule has 0 radical (unpaired) electrons. The minimum atomic E-state index is 0.00333. The molecule has 8 heterocycles. The van der Waals surface area contributed by atoms with E-state index < -0.39 is 0 Å². The molecule has 338 valence electrons. The monoisotopic (exact) mass is 938 g/mol. The average molecular weight is 939 g/mol. The molecular weight excluding hydrogens is 902 g/mol. The fourth-order valence-corrected chi connectivity index (χ4v) is 14.4. The van der Waals surface area contributed by atoms with Gasteiger partial charge in [-0.1, -0.05) is 133 Å². The second-order valence-electron chi connectivity index (χ2n) is 20.7. The van der Waals surface area contributed by atoms with Crippen molar-refractivity contribution in [2.45, 2.75) is 0 Å². The highest BCUT2D eigenvalue weighted by Crippen LogP contribution is 2.44. The number of nitrogens with zero attached hydrogens (tertiary/aromatic N) is 4. The summed E-state index contributed by atoms with van der Waals surface area (Å²) in [6.45, 7) is 0.00665. The topological polar surface area (TPSA) is 38.2 Å². The van der Waals surface area contributed by atoms with Gasteiger partial charge >= 0.3 is 0 Å². The van der Waals surface area contributed by atoms with E-state index in [0.717, 1.165) is 34.4 Å². The number of ether oxygens (including phenoxy) is 2. The van der Waals surface area contributed by atoms with Crippen LogP contribution in [0, 0.1) is 0 Å². The molecule has 0 unspecified atom stereocenters. The minimum absolute atomic E-state index is 0.00333. The van der Waals surface area contributed by atoms with Gasteiger partial charge in [-0.2, -0.15) is 0 Å². The average Bonchev–Trinajstić information content (AvgIpc) is 4.26. The third-order valence-electron chi connectivity index (χ3n) is 17.3. The highest BCUT2D eigenvalue weighted by Gasteiger charge is 2.43. The van der Waals surface area contributed by atoms with Gasteiger partial charge in [0.15, 0.2) is 0 Å². The number of benzene rings is 11. The number of hydrogen-bond donors (Lipinski definition) is 0. The second kappa shape index (κ2) is 13.2. The molecule has 0 saturated heterocycles. The van der Waals surface area contributed by atoms with Gasteiger partial charge in [-0.3, -0.25) is 0 Å². The van der Waals surface area contributed by atoms with Crippen molar-refractivity contribution in [1.29, 1.82) is 0 Å². The predicted octanol–water partition coefficient (Wildman–Crippen LogP) is 11.9. The van der Waals surface area contributed by atoms with Gasteiger partial charge in [0.05, 0.1) is 33.1 Å². The molecule has 0 aliphatic carbocycles. The van der Waals surface area contributed by atoms with Gasteiger partial charge in [0.2, 0.25) is 0 Å². The molecular formula is C66H36B2N4O2. The van der Waals surface area contributed by atoms with E-state index in [0.29, 0.717) is 0 Å². The van der Waals surface area contributed by atoms with Gasteiger partial charge in [-0.05, 0) is 106 Å². The van der Waals surface area contributed by atoms with Crippen LogP contribution in [0.2, 0.25) is 0 Å². The summed E-state index contributed by atoms with van der Waals surface area (Å²) in [5.41, 5.74) is 21.5. The van der Waals surface area contributed by atoms with Crippen LogP contribution < -0.4 is 42.3 Å². The first-order valence-electron chi connectivity index (χ1n) is 25.6. The summed E-state index contributed by atoms with van der Waals surface area (Å²) in [6, 6.07) is 80.6. The van der Waals surface area contributed by atoms with Crippen molar-refractivity contribution in [3.8, 4) is 45.7 Å². The maximum Gasteiger partial charge on any atom is 0.256 e. The number of para-hydroxylation sites is 6. The first-order valence-corrected chi connectivity index (χ1v) is 25.6. The minimum Gasteiger partial charge on any atom is -0.458 e. The molecule has 0 fully saturated rings. The molecule has 19 rings (SSSR count). The zero-order valence-corrected chi connectivity index (χ0v) is 39.5. The summed E-state index contributed by atoms with van der Waals surface area (Å²) in [5.74, 6) is 3.61. The Morgan fingerprint density at radius 3 is 1.08 bits per heavy atom. The highest BCUT2D eigenvalue weighted by atomic mass is 16.5. The molecule has 4 aliphatic heterocycles. The van der Waals surface area contributed by atoms with Crippen LogP contribution in [0.25, 0.3) is 110 Å². The summed E-state index contributed by atoms with van der Waals surface area (Å²) in [5, 5.41) is 10.0. The third-order valence-corrected chi connectivity index (χ3v) is 17.3. The van der Waals surface area contributed by atoms with Crippen molar-refractivity contribution in [3.63, 3.8) is 0 Å². The fourth-order valence-electron chi connectivity index (χ4n) is 14.4. The van der Waals surface area contributed by atoms with Crippen LogP contribution >= 0.6 is 0 Å². The van der Waals surface area contributed by atoms with Gasteiger partial charge < -0.3 is 27.7 Å². The molecule has 0 spiro atoms. The molecule has 0 N–H and O–H groups in total. The van der Waals surface area contributed by atoms with Crippen molar-refractivity contribution >= 4 is 133 Å². The van der Waals surface area contributed by atoms with Gasteiger partial charge in [-0.15, -0.1) is 0 Å². The molecule has 6 nitrogen and oxygen atoms in total. The van der Waals surface area contributed by atoms with Crippen molar-refractivity contribution in [2.75, 3.05) is 0 Å². The van der Waals surface area contributed by atoms with Gasteiger partial charge in [0.1, 0.15) is 23.0 Å². The van der Waals surface area contributed by atoms with Crippen LogP contribution in [0.3, 0.4) is 0 Å². The Morgan fingerprint density at radius 1 is 0.257 bits per heavy atom. The number of fused-ring (bicyclic) bond motifs is 20. The smallest absolute Gasteiger partial charge is 0.256 e. The van der Waals surface area contributed by atoms with Crippen molar-refractivity contribution in [2.24, 2.45) is 0 Å². The molecule has 0 bridgehead atoms. The van der Waals surface area contributed by atoms with Crippen LogP contribution in [0.15, 0.2) is 218 Å². The predicted molar refractivity (Wildman–Crippen MR) is 306 cm³/mol. The summed E-state index contributed by atoms with van der Waals surface area (Å²) < 4.78 is 24.0. The molecule has 0 atom stereocenters. The quantitative estimate of drug-likeness (QED) is 0.162. The Labute approximate surface area is 423 Å². The zero-order chi connectivity index (χ0) is 47.7. The molecule has 15 aromatic rings. The van der Waals surface area contributed by atoms with E-state index in [1.54, 1.807) is 0 Å². The van der Waals surface area contributed by atoms with E-state index in [2.05, 4.69) is 237 Å². The maximum atomic E-state index is 7.07. The van der Waals surface area contributed by atoms with Crippen LogP contribution in [0.1, 0.15) is 0 Å². The Hall–Kier alpha value is -9.65. The van der Waals surface area contributed by atoms with Gasteiger partial charge in [-0.25, -0.2) is 0 Å². The van der Waals surface area contributed by atoms with E-state index in [1.807, 2.05) is 0 Å². The van der Waals surface area contributed by atoms with Crippen LogP contribution in [0.5, 0.6) is 23.0 Å². The molecule has 8 heteroatoms. The van der Waals surface area contributed by atoms with Crippen molar-refractivity contribution < 1.29 is 9.47 Å². The van der Waals surface area contributed by atoms with Crippen molar-refractivity contribution in [1.82, 2.24) is 18.3 Å². The summed E-state index contributed by atoms with van der Waals surface area (Å²) in [6.07, 6.45) is 0. The van der Waals surface area contributed by atoms with Gasteiger partial charge in [0.25, 0.3) is 13.4 Å². The maximum absolute atomic E-state index is 7.07. The molecule has 74 heavy (non-hydrogen) atoms. The summed E-state index contributed by atoms with van der Waals surface area (Å²) in [4.78, 5) is 0. The number of rotatable bonds is 2. The lowest BCUT2D eigenvalue weighted by Gasteiger charge is -2.33. The van der Waals surface area contributed by atoms with E-state index in [4.69, 9.17) is 9.47 Å². The van der Waals surface area contributed by atoms with Gasteiger partial charge in [0, 0.05) is 89.0 Å². The summed E-state index contributed by atoms with van der Waals surface area (Å²) >= 11 is 0. The lowest BCUT2D eigenvalue weighted by atomic mass is 9.34. The molecule has 0 amide bonds. The molecule has 0 saturated carbocycles. The second-order valence-corrected chi connectivity index (χ2v) is 20.7. The lowest BCUT2D eigenvalue weighted by molar-refractivity contribution is 0.487. The standard InChI is InChI=1S/C66H36B2N4O2/c1-5-21-51-39(13-1)40-14-2-6-22-52(40)69(51)37-29-31-47-61(33-37)73-59-27-11-25-55-63(59)67(47)49-19-9-17-43-45-35-46-44-18-10-20-50-66(44)72(58(46)36-57(45)71(55)65(43)49)56-26-12-28-60-64(56)68(50)48-32-30-38(34-62(48)74-60)70-53-23-7-3-15-41(53)42-16-4-8-24-54(42)70/h1-36H. The fraction of sp³-hybridized carbons (Fsp3) is 0.